The Labute approximate surface area is 179 Å². The van der Waals surface area contributed by atoms with Crippen molar-refractivity contribution in [1.82, 2.24) is 4.90 Å². The Kier molecular flexibility index (Phi) is 7.14. The van der Waals surface area contributed by atoms with Crippen molar-refractivity contribution >= 4 is 17.4 Å². The van der Waals surface area contributed by atoms with Gasteiger partial charge in [-0.3, -0.25) is 4.90 Å². The fraction of sp³-hybridized carbons (Fsp3) is 0.500. The molecular weight excluding hydrogens is 380 g/mol. The lowest BCUT2D eigenvalue weighted by Crippen LogP contribution is -2.47. The Balaban J connectivity index is 1.35. The van der Waals surface area contributed by atoms with Gasteiger partial charge in [-0.05, 0) is 56.9 Å². The van der Waals surface area contributed by atoms with Crippen LogP contribution in [-0.2, 0) is 9.47 Å². The van der Waals surface area contributed by atoms with Crippen LogP contribution in [0.1, 0.15) is 30.4 Å². The highest BCUT2D eigenvalue weighted by Gasteiger charge is 2.21. The fourth-order valence-electron chi connectivity index (χ4n) is 3.99. The molecule has 0 aromatic heterocycles. The molecule has 156 valence electrons. The van der Waals surface area contributed by atoms with Crippen molar-refractivity contribution in [2.45, 2.75) is 49.2 Å². The zero-order valence-corrected chi connectivity index (χ0v) is 18.4. The number of rotatable bonds is 6. The van der Waals surface area contributed by atoms with E-state index in [1.807, 2.05) is 11.8 Å². The standard InChI is InChI=1S/C24H32N2O2S/c1-19-10-11-22(20(2)17-19)29-23-8-4-3-7-21(23)26-14-12-25(13-15-26)18-28-24-9-5-6-16-27-24/h3-4,7-8,10-11,17,24H,5-6,9,12-16,18H2,1-2H3. The molecule has 29 heavy (non-hydrogen) atoms. The van der Waals surface area contributed by atoms with Crippen molar-refractivity contribution in [2.24, 2.45) is 0 Å². The zero-order valence-electron chi connectivity index (χ0n) is 17.6. The first-order chi connectivity index (χ1) is 14.2. The van der Waals surface area contributed by atoms with Crippen molar-refractivity contribution < 1.29 is 9.47 Å². The van der Waals surface area contributed by atoms with E-state index in [9.17, 15) is 0 Å². The van der Waals surface area contributed by atoms with Crippen LogP contribution in [0.2, 0.25) is 0 Å². The number of aryl methyl sites for hydroxylation is 2. The second-order valence-corrected chi connectivity index (χ2v) is 9.12. The predicted octanol–water partition coefficient (Wildman–Crippen LogP) is 5.08. The van der Waals surface area contributed by atoms with Crippen molar-refractivity contribution in [1.29, 1.82) is 0 Å². The van der Waals surface area contributed by atoms with Crippen LogP contribution in [0.5, 0.6) is 0 Å². The molecule has 2 aliphatic rings. The van der Waals surface area contributed by atoms with Gasteiger partial charge >= 0.3 is 0 Å². The molecule has 1 atom stereocenters. The van der Waals surface area contributed by atoms with Crippen LogP contribution < -0.4 is 4.90 Å². The Bertz CT molecular complexity index is 799. The van der Waals surface area contributed by atoms with E-state index in [1.54, 1.807) is 0 Å². The average Bonchev–Trinajstić information content (AvgIpc) is 2.76. The molecule has 0 saturated carbocycles. The third-order valence-electron chi connectivity index (χ3n) is 5.71. The van der Waals surface area contributed by atoms with Crippen LogP contribution in [0, 0.1) is 13.8 Å². The van der Waals surface area contributed by atoms with Gasteiger partial charge in [0.05, 0.1) is 5.69 Å². The predicted molar refractivity (Wildman–Crippen MR) is 120 cm³/mol. The van der Waals surface area contributed by atoms with E-state index in [0.29, 0.717) is 6.73 Å². The fourth-order valence-corrected chi connectivity index (χ4v) is 5.03. The van der Waals surface area contributed by atoms with Gasteiger partial charge in [0.15, 0.2) is 6.29 Å². The second-order valence-electron chi connectivity index (χ2n) is 8.04. The number of piperazine rings is 1. The maximum Gasteiger partial charge on any atom is 0.159 e. The number of anilines is 1. The Morgan fingerprint density at radius 3 is 2.59 bits per heavy atom. The monoisotopic (exact) mass is 412 g/mol. The molecule has 2 heterocycles. The minimum Gasteiger partial charge on any atom is -0.368 e. The zero-order chi connectivity index (χ0) is 20.1. The van der Waals surface area contributed by atoms with E-state index in [4.69, 9.17) is 9.47 Å². The summed E-state index contributed by atoms with van der Waals surface area (Å²) in [5, 5.41) is 0. The molecule has 0 aliphatic carbocycles. The number of ether oxygens (including phenoxy) is 2. The quantitative estimate of drug-likeness (QED) is 0.659. The van der Waals surface area contributed by atoms with Crippen molar-refractivity contribution in [2.75, 3.05) is 44.4 Å². The number of para-hydroxylation sites is 1. The van der Waals surface area contributed by atoms with Crippen molar-refractivity contribution in [3.8, 4) is 0 Å². The third kappa shape index (κ3) is 5.54. The van der Waals surface area contributed by atoms with Crippen LogP contribution in [0.4, 0.5) is 5.69 Å². The lowest BCUT2D eigenvalue weighted by atomic mass is 10.2. The summed E-state index contributed by atoms with van der Waals surface area (Å²) in [6, 6.07) is 15.5. The Morgan fingerprint density at radius 1 is 1.00 bits per heavy atom. The average molecular weight is 413 g/mol. The number of hydrogen-bond donors (Lipinski definition) is 0. The molecule has 4 rings (SSSR count). The summed E-state index contributed by atoms with van der Waals surface area (Å²) >= 11 is 1.88. The lowest BCUT2D eigenvalue weighted by molar-refractivity contribution is -0.184. The first-order valence-corrected chi connectivity index (χ1v) is 11.6. The van der Waals surface area contributed by atoms with Gasteiger partial charge in [0.25, 0.3) is 0 Å². The van der Waals surface area contributed by atoms with Gasteiger partial charge in [0.1, 0.15) is 6.73 Å². The van der Waals surface area contributed by atoms with Gasteiger partial charge in [0, 0.05) is 42.6 Å². The van der Waals surface area contributed by atoms with Gasteiger partial charge in [-0.2, -0.15) is 0 Å². The first-order valence-electron chi connectivity index (χ1n) is 10.7. The highest BCUT2D eigenvalue weighted by molar-refractivity contribution is 7.99. The maximum absolute atomic E-state index is 5.97. The Hall–Kier alpha value is -1.53. The molecule has 2 aromatic rings. The smallest absolute Gasteiger partial charge is 0.159 e. The third-order valence-corrected chi connectivity index (χ3v) is 6.95. The van der Waals surface area contributed by atoms with E-state index in [0.717, 1.165) is 45.6 Å². The largest absolute Gasteiger partial charge is 0.368 e. The molecule has 2 fully saturated rings. The van der Waals surface area contributed by atoms with Crippen LogP contribution in [0.3, 0.4) is 0 Å². The van der Waals surface area contributed by atoms with E-state index < -0.39 is 0 Å². The molecule has 2 saturated heterocycles. The van der Waals surface area contributed by atoms with Crippen molar-refractivity contribution in [3.63, 3.8) is 0 Å². The summed E-state index contributed by atoms with van der Waals surface area (Å²) in [4.78, 5) is 7.58. The van der Waals surface area contributed by atoms with Crippen LogP contribution in [0.15, 0.2) is 52.3 Å². The molecule has 0 N–H and O–H groups in total. The SMILES string of the molecule is Cc1ccc(Sc2ccccc2N2CCN(COC3CCCCO3)CC2)c(C)c1. The van der Waals surface area contributed by atoms with E-state index in [1.165, 1.54) is 33.0 Å². The topological polar surface area (TPSA) is 24.9 Å². The maximum atomic E-state index is 5.97. The minimum absolute atomic E-state index is 0.00310. The highest BCUT2D eigenvalue weighted by atomic mass is 32.2. The van der Waals surface area contributed by atoms with Gasteiger partial charge in [-0.25, -0.2) is 0 Å². The number of nitrogens with zero attached hydrogens (tertiary/aromatic N) is 2. The molecule has 2 aliphatic heterocycles. The normalized spacial score (nSPS) is 20.8. The van der Waals surface area contributed by atoms with Gasteiger partial charge < -0.3 is 14.4 Å². The molecular formula is C24H32N2O2S. The lowest BCUT2D eigenvalue weighted by Gasteiger charge is -2.37. The van der Waals surface area contributed by atoms with E-state index in [2.05, 4.69) is 66.1 Å². The van der Waals surface area contributed by atoms with E-state index >= 15 is 0 Å². The van der Waals surface area contributed by atoms with Crippen LogP contribution in [0.25, 0.3) is 0 Å². The first kappa shape index (κ1) is 20.7. The van der Waals surface area contributed by atoms with Crippen LogP contribution >= 0.6 is 11.8 Å². The molecule has 0 bridgehead atoms. The van der Waals surface area contributed by atoms with Crippen LogP contribution in [-0.4, -0.2) is 50.7 Å². The molecule has 0 radical (unpaired) electrons. The molecule has 0 spiro atoms. The number of hydrogen-bond acceptors (Lipinski definition) is 5. The van der Waals surface area contributed by atoms with Crippen molar-refractivity contribution in [3.05, 3.63) is 53.6 Å². The van der Waals surface area contributed by atoms with Gasteiger partial charge in [0.2, 0.25) is 0 Å². The van der Waals surface area contributed by atoms with E-state index in [-0.39, 0.29) is 6.29 Å². The summed E-state index contributed by atoms with van der Waals surface area (Å²) in [5.41, 5.74) is 4.00. The van der Waals surface area contributed by atoms with Gasteiger partial charge in [-0.1, -0.05) is 41.6 Å². The molecule has 0 amide bonds. The Morgan fingerprint density at radius 2 is 1.83 bits per heavy atom. The highest BCUT2D eigenvalue weighted by Crippen LogP contribution is 2.37. The molecule has 4 nitrogen and oxygen atoms in total. The second kappa shape index (κ2) is 9.98. The molecule has 1 unspecified atom stereocenters. The molecule has 5 heteroatoms. The summed E-state index contributed by atoms with van der Waals surface area (Å²) in [5.74, 6) is 0. The summed E-state index contributed by atoms with van der Waals surface area (Å²) in [6.07, 6.45) is 3.41. The minimum atomic E-state index is -0.00310. The van der Waals surface area contributed by atoms with Gasteiger partial charge in [-0.15, -0.1) is 0 Å². The number of benzene rings is 2. The summed E-state index contributed by atoms with van der Waals surface area (Å²) in [6.45, 7) is 9.97. The molecule has 2 aromatic carbocycles. The summed E-state index contributed by atoms with van der Waals surface area (Å²) < 4.78 is 11.7. The summed E-state index contributed by atoms with van der Waals surface area (Å²) in [7, 11) is 0.